The first kappa shape index (κ1) is 14.6. The van der Waals surface area contributed by atoms with E-state index < -0.39 is 5.54 Å². The third kappa shape index (κ3) is 3.53. The van der Waals surface area contributed by atoms with Gasteiger partial charge in [-0.25, -0.2) is 4.39 Å². The smallest absolute Gasteiger partial charge is 0.306 e. The van der Waals surface area contributed by atoms with Crippen LogP contribution in [0.1, 0.15) is 37.3 Å². The summed E-state index contributed by atoms with van der Waals surface area (Å²) in [5.74, 6) is -0.911. The molecule has 100 valence electrons. The van der Waals surface area contributed by atoms with Crippen LogP contribution in [-0.2, 0) is 9.53 Å². The number of ether oxygens (including phenoxy) is 1. The molecular formula is C14H20FNO2. The van der Waals surface area contributed by atoms with Gasteiger partial charge < -0.3 is 10.5 Å². The Labute approximate surface area is 107 Å². The zero-order valence-corrected chi connectivity index (χ0v) is 11.3. The molecule has 1 aromatic rings. The standard InChI is InChI=1S/C14H20FNO2/c1-9-5-6-10(7-12(9)15)11(14(2,3)16)8-13(17)18-4/h5-7,11H,8,16H2,1-4H3. The maximum absolute atomic E-state index is 13.6. The van der Waals surface area contributed by atoms with Gasteiger partial charge in [0.25, 0.3) is 0 Å². The molecule has 0 bridgehead atoms. The van der Waals surface area contributed by atoms with Crippen LogP contribution in [0.4, 0.5) is 4.39 Å². The second kappa shape index (κ2) is 5.48. The zero-order valence-electron chi connectivity index (χ0n) is 11.3. The third-order valence-corrected chi connectivity index (χ3v) is 3.09. The average molecular weight is 253 g/mol. The second-order valence-corrected chi connectivity index (χ2v) is 5.16. The first-order chi connectivity index (χ1) is 8.25. The van der Waals surface area contributed by atoms with E-state index in [1.54, 1.807) is 19.1 Å². The van der Waals surface area contributed by atoms with Crippen LogP contribution in [-0.4, -0.2) is 18.6 Å². The Bertz CT molecular complexity index is 438. The summed E-state index contributed by atoms with van der Waals surface area (Å²) in [6, 6.07) is 4.94. The van der Waals surface area contributed by atoms with Crippen molar-refractivity contribution in [1.82, 2.24) is 0 Å². The fourth-order valence-electron chi connectivity index (χ4n) is 1.89. The molecule has 1 aromatic carbocycles. The van der Waals surface area contributed by atoms with Gasteiger partial charge in [-0.3, -0.25) is 4.79 Å². The molecule has 2 N–H and O–H groups in total. The molecule has 4 heteroatoms. The van der Waals surface area contributed by atoms with Crippen molar-refractivity contribution in [2.75, 3.05) is 7.11 Å². The summed E-state index contributed by atoms with van der Waals surface area (Å²) in [7, 11) is 1.33. The summed E-state index contributed by atoms with van der Waals surface area (Å²) in [4.78, 5) is 11.4. The highest BCUT2D eigenvalue weighted by Crippen LogP contribution is 2.30. The van der Waals surface area contributed by atoms with Crippen molar-refractivity contribution in [2.24, 2.45) is 5.73 Å². The normalized spacial score (nSPS) is 13.2. The van der Waals surface area contributed by atoms with Crippen molar-refractivity contribution in [3.8, 4) is 0 Å². The van der Waals surface area contributed by atoms with E-state index in [1.807, 2.05) is 13.8 Å². The lowest BCUT2D eigenvalue weighted by atomic mass is 9.80. The molecule has 0 aliphatic carbocycles. The molecule has 0 radical (unpaired) electrons. The Balaban J connectivity index is 3.10. The van der Waals surface area contributed by atoms with E-state index in [9.17, 15) is 9.18 Å². The number of benzene rings is 1. The quantitative estimate of drug-likeness (QED) is 0.839. The number of hydrogen-bond acceptors (Lipinski definition) is 3. The van der Waals surface area contributed by atoms with Crippen LogP contribution in [0, 0.1) is 12.7 Å². The summed E-state index contributed by atoms with van der Waals surface area (Å²) >= 11 is 0. The number of esters is 1. The van der Waals surface area contributed by atoms with Gasteiger partial charge >= 0.3 is 5.97 Å². The van der Waals surface area contributed by atoms with Crippen molar-refractivity contribution < 1.29 is 13.9 Å². The van der Waals surface area contributed by atoms with Gasteiger partial charge in [-0.1, -0.05) is 12.1 Å². The number of carbonyl (C=O) groups is 1. The minimum absolute atomic E-state index is 0.141. The van der Waals surface area contributed by atoms with Gasteiger partial charge in [0.05, 0.1) is 13.5 Å². The summed E-state index contributed by atoms with van der Waals surface area (Å²) in [5, 5.41) is 0. The molecule has 1 unspecified atom stereocenters. The van der Waals surface area contributed by atoms with Crippen molar-refractivity contribution in [3.63, 3.8) is 0 Å². The van der Waals surface area contributed by atoms with Crippen LogP contribution in [0.15, 0.2) is 18.2 Å². The van der Waals surface area contributed by atoms with Gasteiger partial charge in [0.15, 0.2) is 0 Å². The van der Waals surface area contributed by atoms with E-state index in [-0.39, 0.29) is 24.1 Å². The SMILES string of the molecule is COC(=O)CC(c1ccc(C)c(F)c1)C(C)(C)N. The molecule has 3 nitrogen and oxygen atoms in total. The largest absolute Gasteiger partial charge is 0.469 e. The highest BCUT2D eigenvalue weighted by Gasteiger charge is 2.29. The highest BCUT2D eigenvalue weighted by molar-refractivity contribution is 5.70. The number of methoxy groups -OCH3 is 1. The minimum atomic E-state index is -0.629. The van der Waals surface area contributed by atoms with Gasteiger partial charge in [-0.15, -0.1) is 0 Å². The molecule has 1 rings (SSSR count). The third-order valence-electron chi connectivity index (χ3n) is 3.09. The van der Waals surface area contributed by atoms with Crippen molar-refractivity contribution in [2.45, 2.75) is 38.6 Å². The average Bonchev–Trinajstić information content (AvgIpc) is 2.28. The van der Waals surface area contributed by atoms with E-state index in [0.29, 0.717) is 5.56 Å². The number of nitrogens with two attached hydrogens (primary N) is 1. The maximum atomic E-state index is 13.6. The molecule has 0 saturated carbocycles. The lowest BCUT2D eigenvalue weighted by Gasteiger charge is -2.30. The summed E-state index contributed by atoms with van der Waals surface area (Å²) < 4.78 is 18.3. The van der Waals surface area contributed by atoms with Crippen LogP contribution >= 0.6 is 0 Å². The van der Waals surface area contributed by atoms with E-state index in [4.69, 9.17) is 5.73 Å². The second-order valence-electron chi connectivity index (χ2n) is 5.16. The van der Waals surface area contributed by atoms with Crippen LogP contribution in [0.3, 0.4) is 0 Å². The Kier molecular flexibility index (Phi) is 4.46. The monoisotopic (exact) mass is 253 g/mol. The van der Waals surface area contributed by atoms with Crippen LogP contribution < -0.4 is 5.73 Å². The van der Waals surface area contributed by atoms with E-state index in [1.165, 1.54) is 13.2 Å². The molecule has 0 aliphatic rings. The number of halogens is 1. The predicted octanol–water partition coefficient (Wildman–Crippen LogP) is 2.52. The van der Waals surface area contributed by atoms with Crippen LogP contribution in [0.25, 0.3) is 0 Å². The zero-order chi connectivity index (χ0) is 13.9. The van der Waals surface area contributed by atoms with Gasteiger partial charge in [0.1, 0.15) is 5.82 Å². The fraction of sp³-hybridized carbons (Fsp3) is 0.500. The van der Waals surface area contributed by atoms with E-state index in [0.717, 1.165) is 5.56 Å². The maximum Gasteiger partial charge on any atom is 0.306 e. The van der Waals surface area contributed by atoms with Crippen molar-refractivity contribution >= 4 is 5.97 Å². The Hall–Kier alpha value is -1.42. The van der Waals surface area contributed by atoms with Gasteiger partial charge in [0.2, 0.25) is 0 Å². The van der Waals surface area contributed by atoms with Gasteiger partial charge in [0, 0.05) is 11.5 Å². The van der Waals surface area contributed by atoms with Crippen molar-refractivity contribution in [1.29, 1.82) is 0 Å². The first-order valence-corrected chi connectivity index (χ1v) is 5.87. The van der Waals surface area contributed by atoms with Crippen LogP contribution in [0.2, 0.25) is 0 Å². The number of carbonyl (C=O) groups excluding carboxylic acids is 1. The summed E-state index contributed by atoms with van der Waals surface area (Å²) in [6.07, 6.45) is 0.141. The molecule has 1 atom stereocenters. The molecule has 0 fully saturated rings. The van der Waals surface area contributed by atoms with E-state index in [2.05, 4.69) is 4.74 Å². The molecule has 0 aliphatic heterocycles. The summed E-state index contributed by atoms with van der Waals surface area (Å²) in [5.41, 5.74) is 6.74. The topological polar surface area (TPSA) is 52.3 Å². The predicted molar refractivity (Wildman–Crippen MR) is 68.8 cm³/mol. The molecule has 18 heavy (non-hydrogen) atoms. The molecule has 0 spiro atoms. The number of rotatable bonds is 4. The molecule has 0 amide bonds. The molecular weight excluding hydrogens is 233 g/mol. The first-order valence-electron chi connectivity index (χ1n) is 5.87. The Morgan fingerprint density at radius 1 is 1.50 bits per heavy atom. The highest BCUT2D eigenvalue weighted by atomic mass is 19.1. The fourth-order valence-corrected chi connectivity index (χ4v) is 1.89. The molecule has 0 heterocycles. The van der Waals surface area contributed by atoms with Crippen LogP contribution in [0.5, 0.6) is 0 Å². The van der Waals surface area contributed by atoms with Gasteiger partial charge in [-0.2, -0.15) is 0 Å². The lowest BCUT2D eigenvalue weighted by Crippen LogP contribution is -2.40. The lowest BCUT2D eigenvalue weighted by molar-refractivity contribution is -0.141. The van der Waals surface area contributed by atoms with Crippen molar-refractivity contribution in [3.05, 3.63) is 35.1 Å². The minimum Gasteiger partial charge on any atom is -0.469 e. The Morgan fingerprint density at radius 2 is 2.11 bits per heavy atom. The summed E-state index contributed by atoms with van der Waals surface area (Å²) in [6.45, 7) is 5.33. The van der Waals surface area contributed by atoms with E-state index >= 15 is 0 Å². The van der Waals surface area contributed by atoms with Gasteiger partial charge in [-0.05, 0) is 38.0 Å². The Morgan fingerprint density at radius 3 is 2.56 bits per heavy atom. The molecule has 0 saturated heterocycles. The number of aryl methyl sites for hydroxylation is 1. The molecule has 0 aromatic heterocycles. The number of hydrogen-bond donors (Lipinski definition) is 1.